The third-order valence-electron chi connectivity index (χ3n) is 5.45. The van der Waals surface area contributed by atoms with Gasteiger partial charge in [-0.25, -0.2) is 4.79 Å². The topological polar surface area (TPSA) is 116 Å². The van der Waals surface area contributed by atoms with E-state index >= 15 is 0 Å². The first-order valence-electron chi connectivity index (χ1n) is 11.2. The summed E-state index contributed by atoms with van der Waals surface area (Å²) in [7, 11) is 3.67. The van der Waals surface area contributed by atoms with E-state index in [9.17, 15) is 24.0 Å². The molecule has 0 radical (unpaired) electrons. The number of likely N-dealkylation sites (N-methyl/N-ethyl adjacent to an activating group) is 1. The van der Waals surface area contributed by atoms with Crippen LogP contribution in [-0.4, -0.2) is 92.2 Å². The molecule has 1 N–H and O–H groups in total. The minimum Gasteiger partial charge on any atom is -0.444 e. The zero-order valence-corrected chi connectivity index (χ0v) is 20.5. The summed E-state index contributed by atoms with van der Waals surface area (Å²) in [6.07, 6.45) is 2.15. The van der Waals surface area contributed by atoms with E-state index in [-0.39, 0.29) is 23.9 Å². The van der Waals surface area contributed by atoms with E-state index in [0.717, 1.165) is 5.69 Å². The number of benzene rings is 1. The summed E-state index contributed by atoms with van der Waals surface area (Å²) in [4.78, 5) is 61.3. The molecule has 2 aliphatic heterocycles. The minimum absolute atomic E-state index is 0.132. The maximum atomic E-state index is 12.0. The van der Waals surface area contributed by atoms with Gasteiger partial charge in [0.25, 0.3) is 0 Å². The zero-order chi connectivity index (χ0) is 25.5. The standard InChI is InChI=1S/C17H22N2O4.C7H12N2O2/c1-17(2,3)23-16(22)19-8-6-18(7-9-19)15-5-4-13(11-20)14(10-15)12-21;1-9(2)5-3-4-6(10)8-7(5)11/h4-5,10-12H,6-9H2,1-3H3;5H,3-4H2,1-2H3,(H,8,10,11). The van der Waals surface area contributed by atoms with Gasteiger partial charge in [-0.2, -0.15) is 0 Å². The third-order valence-corrected chi connectivity index (χ3v) is 5.45. The first-order valence-corrected chi connectivity index (χ1v) is 11.2. The van der Waals surface area contributed by atoms with Gasteiger partial charge in [-0.15, -0.1) is 0 Å². The summed E-state index contributed by atoms with van der Waals surface area (Å²) in [5.41, 5.74) is 1.14. The highest BCUT2D eigenvalue weighted by Gasteiger charge is 2.28. The van der Waals surface area contributed by atoms with Crippen molar-refractivity contribution in [1.82, 2.24) is 15.1 Å². The first-order chi connectivity index (χ1) is 15.9. The normalized spacial score (nSPS) is 18.6. The molecule has 3 rings (SSSR count). The number of carbonyl (C=O) groups is 5. The van der Waals surface area contributed by atoms with Gasteiger partial charge >= 0.3 is 6.09 Å². The predicted molar refractivity (Wildman–Crippen MR) is 127 cm³/mol. The van der Waals surface area contributed by atoms with E-state index in [1.165, 1.54) is 0 Å². The van der Waals surface area contributed by atoms with Gasteiger partial charge in [0.15, 0.2) is 12.6 Å². The van der Waals surface area contributed by atoms with Crippen LogP contribution in [0.1, 0.15) is 54.3 Å². The second-order valence-corrected chi connectivity index (χ2v) is 9.43. The Labute approximate surface area is 200 Å². The van der Waals surface area contributed by atoms with E-state index < -0.39 is 5.60 Å². The summed E-state index contributed by atoms with van der Waals surface area (Å²) in [6, 6.07) is 5.04. The summed E-state index contributed by atoms with van der Waals surface area (Å²) < 4.78 is 5.37. The molecule has 1 unspecified atom stereocenters. The minimum atomic E-state index is -0.502. The molecule has 0 aliphatic carbocycles. The Morgan fingerprint density at radius 1 is 1.06 bits per heavy atom. The summed E-state index contributed by atoms with van der Waals surface area (Å²) >= 11 is 0. The highest BCUT2D eigenvalue weighted by atomic mass is 16.6. The number of nitrogens with one attached hydrogen (secondary N) is 1. The molecular formula is C24H34N4O6. The van der Waals surface area contributed by atoms with Gasteiger partial charge in [-0.3, -0.25) is 29.4 Å². The molecule has 0 spiro atoms. The van der Waals surface area contributed by atoms with E-state index in [1.807, 2.05) is 45.8 Å². The molecule has 10 nitrogen and oxygen atoms in total. The smallest absolute Gasteiger partial charge is 0.410 e. The van der Waals surface area contributed by atoms with Gasteiger partial charge in [0.2, 0.25) is 11.8 Å². The SMILES string of the molecule is CC(C)(C)OC(=O)N1CCN(c2ccc(C=O)c(C=O)c2)CC1.CN(C)C1CCC(=O)NC1=O. The molecule has 2 heterocycles. The van der Waals surface area contributed by atoms with Crippen LogP contribution in [0.2, 0.25) is 0 Å². The van der Waals surface area contributed by atoms with E-state index in [0.29, 0.717) is 62.7 Å². The summed E-state index contributed by atoms with van der Waals surface area (Å²) in [6.45, 7) is 7.95. The van der Waals surface area contributed by atoms with Crippen LogP contribution in [0.5, 0.6) is 0 Å². The van der Waals surface area contributed by atoms with Gasteiger partial charge in [-0.05, 0) is 59.5 Å². The fraction of sp³-hybridized carbons (Fsp3) is 0.542. The van der Waals surface area contributed by atoms with Crippen molar-refractivity contribution < 1.29 is 28.7 Å². The molecular weight excluding hydrogens is 440 g/mol. The van der Waals surface area contributed by atoms with Crippen molar-refractivity contribution in [3.05, 3.63) is 29.3 Å². The molecule has 0 aromatic heterocycles. The molecule has 2 fully saturated rings. The number of imide groups is 1. The lowest BCUT2D eigenvalue weighted by atomic mass is 10.1. The number of hydrogen-bond donors (Lipinski definition) is 1. The van der Waals surface area contributed by atoms with E-state index in [1.54, 1.807) is 17.0 Å². The Morgan fingerprint density at radius 2 is 1.68 bits per heavy atom. The molecule has 1 aromatic rings. The average Bonchev–Trinajstić information content (AvgIpc) is 2.77. The van der Waals surface area contributed by atoms with Crippen molar-refractivity contribution in [2.75, 3.05) is 45.2 Å². The summed E-state index contributed by atoms with van der Waals surface area (Å²) in [5, 5.41) is 2.29. The molecule has 3 amide bonds. The second-order valence-electron chi connectivity index (χ2n) is 9.43. The molecule has 34 heavy (non-hydrogen) atoms. The average molecular weight is 475 g/mol. The van der Waals surface area contributed by atoms with Crippen LogP contribution in [0.4, 0.5) is 10.5 Å². The Hall–Kier alpha value is -3.27. The van der Waals surface area contributed by atoms with Crippen molar-refractivity contribution >= 4 is 36.2 Å². The quantitative estimate of drug-likeness (QED) is 0.518. The number of anilines is 1. The lowest BCUT2D eigenvalue weighted by Gasteiger charge is -2.36. The molecule has 2 saturated heterocycles. The maximum absolute atomic E-state index is 12.0. The molecule has 10 heteroatoms. The molecule has 1 atom stereocenters. The van der Waals surface area contributed by atoms with E-state index in [2.05, 4.69) is 10.2 Å². The highest BCUT2D eigenvalue weighted by molar-refractivity contribution is 6.00. The number of nitrogens with zero attached hydrogens (tertiary/aromatic N) is 3. The van der Waals surface area contributed by atoms with Crippen molar-refractivity contribution in [2.24, 2.45) is 0 Å². The highest BCUT2D eigenvalue weighted by Crippen LogP contribution is 2.20. The molecule has 0 bridgehead atoms. The third kappa shape index (κ3) is 7.65. The van der Waals surface area contributed by atoms with Crippen molar-refractivity contribution in [1.29, 1.82) is 0 Å². The van der Waals surface area contributed by atoms with Gasteiger partial charge in [0.05, 0.1) is 6.04 Å². The number of piperazine rings is 1. The number of aldehydes is 2. The van der Waals surface area contributed by atoms with Crippen molar-refractivity contribution in [3.8, 4) is 0 Å². The van der Waals surface area contributed by atoms with Crippen LogP contribution in [0.3, 0.4) is 0 Å². The second kappa shape index (κ2) is 11.7. The Kier molecular flexibility index (Phi) is 9.31. The van der Waals surface area contributed by atoms with Gasteiger partial charge in [0.1, 0.15) is 5.60 Å². The van der Waals surface area contributed by atoms with Crippen molar-refractivity contribution in [2.45, 2.75) is 45.3 Å². The molecule has 186 valence electrons. The van der Waals surface area contributed by atoms with Crippen LogP contribution in [0, 0.1) is 0 Å². The van der Waals surface area contributed by atoms with Gasteiger partial charge in [-0.1, -0.05) is 0 Å². The lowest BCUT2D eigenvalue weighted by molar-refractivity contribution is -0.136. The number of piperidine rings is 1. The van der Waals surface area contributed by atoms with Crippen LogP contribution in [-0.2, 0) is 14.3 Å². The first kappa shape index (κ1) is 27.0. The fourth-order valence-corrected chi connectivity index (χ4v) is 3.62. The van der Waals surface area contributed by atoms with Gasteiger partial charge in [0, 0.05) is 49.4 Å². The number of rotatable bonds is 4. The fourth-order valence-electron chi connectivity index (χ4n) is 3.62. The Bertz CT molecular complexity index is 917. The van der Waals surface area contributed by atoms with Crippen LogP contribution in [0.15, 0.2) is 18.2 Å². The van der Waals surface area contributed by atoms with Crippen LogP contribution in [0.25, 0.3) is 0 Å². The van der Waals surface area contributed by atoms with Crippen molar-refractivity contribution in [3.63, 3.8) is 0 Å². The Balaban J connectivity index is 0.000000310. The number of amides is 3. The number of ether oxygens (including phenoxy) is 1. The lowest BCUT2D eigenvalue weighted by Crippen LogP contribution is -2.50. The zero-order valence-electron chi connectivity index (χ0n) is 20.5. The van der Waals surface area contributed by atoms with Crippen LogP contribution >= 0.6 is 0 Å². The molecule has 2 aliphatic rings. The monoisotopic (exact) mass is 474 g/mol. The largest absolute Gasteiger partial charge is 0.444 e. The Morgan fingerprint density at radius 3 is 2.18 bits per heavy atom. The number of hydrogen-bond acceptors (Lipinski definition) is 8. The van der Waals surface area contributed by atoms with Gasteiger partial charge < -0.3 is 14.5 Å². The van der Waals surface area contributed by atoms with E-state index in [4.69, 9.17) is 4.74 Å². The molecule has 1 aromatic carbocycles. The molecule has 0 saturated carbocycles. The summed E-state index contributed by atoms with van der Waals surface area (Å²) in [5.74, 6) is -0.334. The maximum Gasteiger partial charge on any atom is 0.410 e. The predicted octanol–water partition coefficient (Wildman–Crippen LogP) is 1.72. The number of carbonyl (C=O) groups excluding carboxylic acids is 5. The van der Waals surface area contributed by atoms with Crippen LogP contribution < -0.4 is 10.2 Å².